The minimum absolute atomic E-state index is 0.184. The highest BCUT2D eigenvalue weighted by Crippen LogP contribution is 2.17. The summed E-state index contributed by atoms with van der Waals surface area (Å²) < 4.78 is 5.84. The fourth-order valence-corrected chi connectivity index (χ4v) is 2.67. The van der Waals surface area contributed by atoms with Crippen LogP contribution in [0.2, 0.25) is 0 Å². The molecule has 8 heteroatoms. The maximum absolute atomic E-state index is 12.1. The molecule has 0 aliphatic rings. The number of rotatable bonds is 7. The summed E-state index contributed by atoms with van der Waals surface area (Å²) in [7, 11) is 0. The van der Waals surface area contributed by atoms with E-state index >= 15 is 0 Å². The second-order valence-electron chi connectivity index (χ2n) is 6.29. The first-order valence-electron chi connectivity index (χ1n) is 8.92. The van der Waals surface area contributed by atoms with Gasteiger partial charge in [0, 0.05) is 16.8 Å². The monoisotopic (exact) mass is 392 g/mol. The molecule has 0 fully saturated rings. The molecule has 3 rings (SSSR count). The van der Waals surface area contributed by atoms with Gasteiger partial charge < -0.3 is 9.72 Å². The van der Waals surface area contributed by atoms with Crippen LogP contribution in [0.25, 0.3) is 0 Å². The van der Waals surface area contributed by atoms with Gasteiger partial charge in [0.2, 0.25) is 5.91 Å². The summed E-state index contributed by atoms with van der Waals surface area (Å²) in [5.74, 6) is 0.145. The molecular formula is C21H20N4O4. The van der Waals surface area contributed by atoms with Gasteiger partial charge in [0.15, 0.2) is 0 Å². The van der Waals surface area contributed by atoms with Crippen LogP contribution in [0.15, 0.2) is 69.3 Å². The molecule has 0 saturated carbocycles. The molecule has 0 radical (unpaired) electrons. The molecule has 0 aliphatic heterocycles. The van der Waals surface area contributed by atoms with E-state index in [0.29, 0.717) is 23.6 Å². The van der Waals surface area contributed by atoms with E-state index in [0.717, 1.165) is 5.56 Å². The van der Waals surface area contributed by atoms with E-state index in [1.54, 1.807) is 6.92 Å². The van der Waals surface area contributed by atoms with Gasteiger partial charge in [0.25, 0.3) is 5.56 Å². The second kappa shape index (κ2) is 9.32. The van der Waals surface area contributed by atoms with Gasteiger partial charge in [-0.05, 0) is 24.6 Å². The molecule has 0 aliphatic carbocycles. The number of amides is 1. The molecule has 0 bridgehead atoms. The van der Waals surface area contributed by atoms with Gasteiger partial charge in [0.05, 0.1) is 12.6 Å². The first-order chi connectivity index (χ1) is 14.0. The average molecular weight is 392 g/mol. The van der Waals surface area contributed by atoms with Crippen molar-refractivity contribution in [2.75, 3.05) is 0 Å². The van der Waals surface area contributed by atoms with E-state index in [-0.39, 0.29) is 12.0 Å². The number of nitrogens with zero attached hydrogens (tertiary/aromatic N) is 1. The summed E-state index contributed by atoms with van der Waals surface area (Å²) in [4.78, 5) is 39.7. The number of H-pyrrole nitrogens is 2. The molecule has 8 nitrogen and oxygen atoms in total. The number of hydrazone groups is 1. The highest BCUT2D eigenvalue weighted by Gasteiger charge is 2.10. The van der Waals surface area contributed by atoms with Crippen molar-refractivity contribution in [2.24, 2.45) is 5.10 Å². The third-order valence-corrected chi connectivity index (χ3v) is 4.14. The third-order valence-electron chi connectivity index (χ3n) is 4.14. The normalized spacial score (nSPS) is 10.8. The number of ether oxygens (including phenoxy) is 1. The Kier molecular flexibility index (Phi) is 6.36. The highest BCUT2D eigenvalue weighted by atomic mass is 16.5. The van der Waals surface area contributed by atoms with Crippen LogP contribution in [0.4, 0.5) is 0 Å². The van der Waals surface area contributed by atoms with Crippen LogP contribution in [0.1, 0.15) is 22.4 Å². The fraction of sp³-hybridized carbons (Fsp3) is 0.143. The van der Waals surface area contributed by atoms with Gasteiger partial charge in [-0.25, -0.2) is 10.2 Å². The number of hydrogen-bond acceptors (Lipinski definition) is 5. The molecule has 1 heterocycles. The SMILES string of the molecule is Cc1[nH]c(=O)[nH]c(=O)c1CC(=O)N/N=C\c1ccccc1OCc1ccccc1. The quantitative estimate of drug-likeness (QED) is 0.419. The Morgan fingerprint density at radius 3 is 2.55 bits per heavy atom. The summed E-state index contributed by atoms with van der Waals surface area (Å²) in [6.07, 6.45) is 1.27. The zero-order valence-corrected chi connectivity index (χ0v) is 15.8. The predicted molar refractivity (Wildman–Crippen MR) is 109 cm³/mol. The molecular weight excluding hydrogens is 372 g/mol. The Morgan fingerprint density at radius 2 is 1.79 bits per heavy atom. The largest absolute Gasteiger partial charge is 0.488 e. The first kappa shape index (κ1) is 19.8. The van der Waals surface area contributed by atoms with Crippen LogP contribution in [0, 0.1) is 6.92 Å². The highest BCUT2D eigenvalue weighted by molar-refractivity contribution is 5.85. The Labute approximate surface area is 166 Å². The lowest BCUT2D eigenvalue weighted by atomic mass is 10.1. The minimum atomic E-state index is -0.609. The van der Waals surface area contributed by atoms with Crippen molar-refractivity contribution in [1.82, 2.24) is 15.4 Å². The zero-order chi connectivity index (χ0) is 20.6. The summed E-state index contributed by atoms with van der Waals surface area (Å²) in [6.45, 7) is 1.97. The number of aromatic amines is 2. The van der Waals surface area contributed by atoms with E-state index in [1.807, 2.05) is 54.6 Å². The molecule has 3 aromatic rings. The van der Waals surface area contributed by atoms with Crippen molar-refractivity contribution in [3.05, 3.63) is 97.8 Å². The number of carbonyl (C=O) groups is 1. The average Bonchev–Trinajstić information content (AvgIpc) is 2.71. The smallest absolute Gasteiger partial charge is 0.325 e. The molecule has 3 N–H and O–H groups in total. The van der Waals surface area contributed by atoms with Crippen molar-refractivity contribution in [1.29, 1.82) is 0 Å². The van der Waals surface area contributed by atoms with Crippen molar-refractivity contribution >= 4 is 12.1 Å². The van der Waals surface area contributed by atoms with Crippen molar-refractivity contribution in [3.8, 4) is 5.75 Å². The number of hydrogen-bond donors (Lipinski definition) is 3. The van der Waals surface area contributed by atoms with Gasteiger partial charge in [-0.3, -0.25) is 14.6 Å². The molecule has 148 valence electrons. The lowest BCUT2D eigenvalue weighted by Crippen LogP contribution is -2.30. The van der Waals surface area contributed by atoms with Crippen LogP contribution in [0.3, 0.4) is 0 Å². The van der Waals surface area contributed by atoms with Crippen LogP contribution in [0.5, 0.6) is 5.75 Å². The van der Waals surface area contributed by atoms with Gasteiger partial charge in [-0.2, -0.15) is 5.10 Å². The standard InChI is InChI=1S/C21H20N4O4/c1-14-17(20(27)24-21(28)23-14)11-19(26)25-22-12-16-9-5-6-10-18(16)29-13-15-7-3-2-4-8-15/h2-10,12H,11,13H2,1H3,(H,25,26)(H2,23,24,27,28)/b22-12-. The summed E-state index contributed by atoms with van der Waals surface area (Å²) in [5, 5.41) is 3.94. The molecule has 0 spiro atoms. The van der Waals surface area contributed by atoms with Gasteiger partial charge in [-0.15, -0.1) is 0 Å². The van der Waals surface area contributed by atoms with E-state index in [1.165, 1.54) is 6.21 Å². The van der Waals surface area contributed by atoms with E-state index in [9.17, 15) is 14.4 Å². The third kappa shape index (κ3) is 5.52. The number of para-hydroxylation sites is 1. The first-order valence-corrected chi connectivity index (χ1v) is 8.92. The molecule has 2 aromatic carbocycles. The van der Waals surface area contributed by atoms with Crippen LogP contribution in [-0.4, -0.2) is 22.1 Å². The zero-order valence-electron chi connectivity index (χ0n) is 15.8. The maximum atomic E-state index is 12.1. The van der Waals surface area contributed by atoms with E-state index in [2.05, 4.69) is 20.5 Å². The van der Waals surface area contributed by atoms with E-state index in [4.69, 9.17) is 4.74 Å². The predicted octanol–water partition coefficient (Wildman–Crippen LogP) is 1.64. The lowest BCUT2D eigenvalue weighted by Gasteiger charge is -2.09. The Bertz CT molecular complexity index is 1130. The second-order valence-corrected chi connectivity index (χ2v) is 6.29. The number of aryl methyl sites for hydroxylation is 1. The van der Waals surface area contributed by atoms with Gasteiger partial charge in [-0.1, -0.05) is 42.5 Å². The molecule has 1 amide bonds. The Balaban J connectivity index is 1.62. The Hall–Kier alpha value is -3.94. The molecule has 0 saturated heterocycles. The minimum Gasteiger partial charge on any atom is -0.488 e. The van der Waals surface area contributed by atoms with Crippen LogP contribution < -0.4 is 21.4 Å². The van der Waals surface area contributed by atoms with Crippen molar-refractivity contribution < 1.29 is 9.53 Å². The summed E-state index contributed by atoms with van der Waals surface area (Å²) in [5.41, 5.74) is 3.44. The molecule has 0 atom stereocenters. The van der Waals surface area contributed by atoms with Crippen LogP contribution in [-0.2, 0) is 17.8 Å². The molecule has 0 unspecified atom stereocenters. The fourth-order valence-electron chi connectivity index (χ4n) is 2.67. The Morgan fingerprint density at radius 1 is 1.07 bits per heavy atom. The van der Waals surface area contributed by atoms with Gasteiger partial charge >= 0.3 is 5.69 Å². The van der Waals surface area contributed by atoms with Crippen LogP contribution >= 0.6 is 0 Å². The van der Waals surface area contributed by atoms with Gasteiger partial charge in [0.1, 0.15) is 12.4 Å². The molecule has 29 heavy (non-hydrogen) atoms. The lowest BCUT2D eigenvalue weighted by molar-refractivity contribution is -0.120. The van der Waals surface area contributed by atoms with E-state index < -0.39 is 17.2 Å². The number of carbonyl (C=O) groups excluding carboxylic acids is 1. The topological polar surface area (TPSA) is 116 Å². The number of aromatic nitrogens is 2. The maximum Gasteiger partial charge on any atom is 0.325 e. The summed E-state index contributed by atoms with van der Waals surface area (Å²) in [6, 6.07) is 17.1. The number of benzene rings is 2. The number of nitrogens with one attached hydrogen (secondary N) is 3. The summed E-state index contributed by atoms with van der Waals surface area (Å²) >= 11 is 0. The van der Waals surface area contributed by atoms with Crippen molar-refractivity contribution in [3.63, 3.8) is 0 Å². The van der Waals surface area contributed by atoms with Crippen molar-refractivity contribution in [2.45, 2.75) is 20.0 Å². The molecule has 1 aromatic heterocycles.